The van der Waals surface area contributed by atoms with E-state index in [2.05, 4.69) is 0 Å². The van der Waals surface area contributed by atoms with Gasteiger partial charge in [0.05, 0.1) is 12.7 Å². The predicted octanol–water partition coefficient (Wildman–Crippen LogP) is 3.41. The van der Waals surface area contributed by atoms with Gasteiger partial charge < -0.3 is 9.84 Å². The van der Waals surface area contributed by atoms with E-state index in [9.17, 15) is 9.67 Å². The Morgan fingerprint density at radius 3 is 2.62 bits per heavy atom. The van der Waals surface area contributed by atoms with Crippen LogP contribution in [0.3, 0.4) is 0 Å². The third kappa shape index (κ3) is 3.84. The van der Waals surface area contributed by atoms with E-state index < -0.39 is 13.3 Å². The zero-order valence-corrected chi connectivity index (χ0v) is 15.8. The molecule has 1 saturated carbocycles. The molecule has 0 spiro atoms. The quantitative estimate of drug-likeness (QED) is 0.755. The Balaban J connectivity index is 2.28. The summed E-state index contributed by atoms with van der Waals surface area (Å²) in [6, 6.07) is 7.55. The SMILES string of the molecule is COc1cccc(C2(O)CCCCC2CN(C)P(=O)(OC)OC)c1. The molecule has 24 heavy (non-hydrogen) atoms. The maximum Gasteiger partial charge on any atom is 0.407 e. The van der Waals surface area contributed by atoms with Crippen molar-refractivity contribution in [2.24, 2.45) is 5.92 Å². The fraction of sp³-hybridized carbons (Fsp3) is 0.647. The molecule has 2 rings (SSSR count). The summed E-state index contributed by atoms with van der Waals surface area (Å²) in [4.78, 5) is 0. The predicted molar refractivity (Wildman–Crippen MR) is 93.1 cm³/mol. The molecule has 0 aliphatic heterocycles. The molecule has 0 radical (unpaired) electrons. The van der Waals surface area contributed by atoms with Gasteiger partial charge >= 0.3 is 7.75 Å². The van der Waals surface area contributed by atoms with Crippen LogP contribution < -0.4 is 4.74 Å². The summed E-state index contributed by atoms with van der Waals surface area (Å²) in [5.41, 5.74) is -0.141. The maximum absolute atomic E-state index is 12.6. The van der Waals surface area contributed by atoms with Crippen molar-refractivity contribution in [3.63, 3.8) is 0 Å². The molecule has 0 amide bonds. The molecule has 0 saturated heterocycles. The van der Waals surface area contributed by atoms with Crippen molar-refractivity contribution in [1.29, 1.82) is 0 Å². The number of benzene rings is 1. The van der Waals surface area contributed by atoms with Gasteiger partial charge in [-0.3, -0.25) is 9.05 Å². The topological polar surface area (TPSA) is 68.2 Å². The third-order valence-corrected chi connectivity index (χ3v) is 6.89. The van der Waals surface area contributed by atoms with Crippen LogP contribution in [-0.2, 0) is 19.2 Å². The maximum atomic E-state index is 12.6. The van der Waals surface area contributed by atoms with E-state index in [1.165, 1.54) is 14.2 Å². The molecule has 0 heterocycles. The molecule has 1 fully saturated rings. The van der Waals surface area contributed by atoms with E-state index in [-0.39, 0.29) is 5.92 Å². The molecule has 2 atom stereocenters. The Morgan fingerprint density at radius 2 is 2.00 bits per heavy atom. The summed E-state index contributed by atoms with van der Waals surface area (Å²) in [6.07, 6.45) is 3.52. The lowest BCUT2D eigenvalue weighted by atomic mass is 9.71. The normalized spacial score (nSPS) is 25.0. The van der Waals surface area contributed by atoms with Crippen LogP contribution in [-0.4, -0.2) is 44.7 Å². The molecule has 0 aromatic heterocycles. The molecule has 1 aromatic carbocycles. The van der Waals surface area contributed by atoms with Gasteiger partial charge in [0.2, 0.25) is 0 Å². The standard InChI is InChI=1S/C17H28NO5P/c1-18(24(20,22-3)23-4)13-15-8-5-6-11-17(15,19)14-9-7-10-16(12-14)21-2/h7,9-10,12,15,19H,5-6,8,11,13H2,1-4H3. The van der Waals surface area contributed by atoms with Gasteiger partial charge in [-0.2, -0.15) is 0 Å². The van der Waals surface area contributed by atoms with Gasteiger partial charge in [-0.15, -0.1) is 0 Å². The van der Waals surface area contributed by atoms with Crippen LogP contribution in [0.5, 0.6) is 5.75 Å². The number of hydrogen-bond acceptors (Lipinski definition) is 5. The molecule has 1 N–H and O–H groups in total. The molecule has 7 heteroatoms. The Bertz CT molecular complexity index is 588. The number of ether oxygens (including phenoxy) is 1. The van der Waals surface area contributed by atoms with Gasteiger partial charge in [0, 0.05) is 26.7 Å². The van der Waals surface area contributed by atoms with Crippen molar-refractivity contribution in [2.45, 2.75) is 31.3 Å². The number of aliphatic hydroxyl groups is 1. The van der Waals surface area contributed by atoms with E-state index >= 15 is 0 Å². The molecule has 1 aliphatic carbocycles. The van der Waals surface area contributed by atoms with Crippen molar-refractivity contribution in [3.05, 3.63) is 29.8 Å². The third-order valence-electron chi connectivity index (χ3n) is 4.97. The molecule has 1 aliphatic rings. The Hall–Kier alpha value is -0.910. The highest BCUT2D eigenvalue weighted by atomic mass is 31.2. The van der Waals surface area contributed by atoms with Crippen molar-refractivity contribution in [3.8, 4) is 5.75 Å². The molecule has 0 bridgehead atoms. The van der Waals surface area contributed by atoms with Gasteiger partial charge in [0.1, 0.15) is 5.75 Å². The Morgan fingerprint density at radius 1 is 1.29 bits per heavy atom. The van der Waals surface area contributed by atoms with Crippen LogP contribution >= 0.6 is 7.75 Å². The second-order valence-electron chi connectivity index (χ2n) is 6.27. The first kappa shape index (κ1) is 19.4. The van der Waals surface area contributed by atoms with E-state index in [0.29, 0.717) is 13.0 Å². The smallest absolute Gasteiger partial charge is 0.407 e. The van der Waals surface area contributed by atoms with Crippen molar-refractivity contribution in [2.75, 3.05) is 34.9 Å². The van der Waals surface area contributed by atoms with Gasteiger partial charge in [-0.05, 0) is 37.6 Å². The van der Waals surface area contributed by atoms with Crippen molar-refractivity contribution >= 4 is 7.75 Å². The van der Waals surface area contributed by atoms with Gasteiger partial charge in [-0.25, -0.2) is 9.24 Å². The molecule has 136 valence electrons. The molecule has 6 nitrogen and oxygen atoms in total. The zero-order valence-electron chi connectivity index (χ0n) is 14.9. The second kappa shape index (κ2) is 7.98. The molecule has 2 unspecified atom stereocenters. The second-order valence-corrected chi connectivity index (χ2v) is 8.62. The molecular weight excluding hydrogens is 329 g/mol. The van der Waals surface area contributed by atoms with Crippen LogP contribution in [0.1, 0.15) is 31.2 Å². The first-order chi connectivity index (χ1) is 11.4. The molecular formula is C17H28NO5P. The van der Waals surface area contributed by atoms with Gasteiger partial charge in [0.15, 0.2) is 0 Å². The number of nitrogens with zero attached hydrogens (tertiary/aromatic N) is 1. The first-order valence-corrected chi connectivity index (χ1v) is 9.69. The van der Waals surface area contributed by atoms with Crippen LogP contribution in [0.25, 0.3) is 0 Å². The summed E-state index contributed by atoms with van der Waals surface area (Å²) in [5.74, 6) is 0.653. The van der Waals surface area contributed by atoms with Crippen molar-refractivity contribution in [1.82, 2.24) is 4.67 Å². The minimum absolute atomic E-state index is 0.0676. The summed E-state index contributed by atoms with van der Waals surface area (Å²) in [6.45, 7) is 0.423. The Kier molecular flexibility index (Phi) is 6.46. The first-order valence-electron chi connectivity index (χ1n) is 8.19. The Labute approximate surface area is 144 Å². The highest BCUT2D eigenvalue weighted by molar-refractivity contribution is 7.51. The monoisotopic (exact) mass is 357 g/mol. The zero-order chi connectivity index (χ0) is 17.8. The van der Waals surface area contributed by atoms with Crippen LogP contribution in [0.4, 0.5) is 0 Å². The van der Waals surface area contributed by atoms with Crippen LogP contribution in [0.15, 0.2) is 24.3 Å². The summed E-state index contributed by atoms with van der Waals surface area (Å²) in [5, 5.41) is 11.4. The van der Waals surface area contributed by atoms with Crippen LogP contribution in [0, 0.1) is 5.92 Å². The lowest BCUT2D eigenvalue weighted by Crippen LogP contribution is -2.43. The van der Waals surface area contributed by atoms with E-state index in [0.717, 1.165) is 30.6 Å². The lowest BCUT2D eigenvalue weighted by molar-refractivity contribution is -0.0599. The largest absolute Gasteiger partial charge is 0.497 e. The fourth-order valence-corrected chi connectivity index (χ4v) is 4.62. The lowest BCUT2D eigenvalue weighted by Gasteiger charge is -2.42. The van der Waals surface area contributed by atoms with E-state index in [4.69, 9.17) is 13.8 Å². The van der Waals surface area contributed by atoms with Crippen LogP contribution in [0.2, 0.25) is 0 Å². The van der Waals surface area contributed by atoms with E-state index in [1.807, 2.05) is 24.3 Å². The minimum atomic E-state index is -3.30. The fourth-order valence-electron chi connectivity index (χ4n) is 3.52. The average Bonchev–Trinajstić information content (AvgIpc) is 2.62. The highest BCUT2D eigenvalue weighted by Gasteiger charge is 2.43. The van der Waals surface area contributed by atoms with E-state index in [1.54, 1.807) is 18.8 Å². The van der Waals surface area contributed by atoms with Crippen molar-refractivity contribution < 1.29 is 23.5 Å². The summed E-state index contributed by atoms with van der Waals surface area (Å²) >= 11 is 0. The number of rotatable bonds is 7. The number of hydrogen-bond donors (Lipinski definition) is 1. The highest BCUT2D eigenvalue weighted by Crippen LogP contribution is 2.52. The summed E-state index contributed by atoms with van der Waals surface area (Å²) in [7, 11) is 2.75. The number of methoxy groups -OCH3 is 1. The van der Waals surface area contributed by atoms with Gasteiger partial charge in [0.25, 0.3) is 0 Å². The molecule has 1 aromatic rings. The minimum Gasteiger partial charge on any atom is -0.497 e. The van der Waals surface area contributed by atoms with Gasteiger partial charge in [-0.1, -0.05) is 25.0 Å². The average molecular weight is 357 g/mol. The summed E-state index contributed by atoms with van der Waals surface area (Å²) < 4.78 is 29.5.